The van der Waals surface area contributed by atoms with Crippen molar-refractivity contribution in [1.29, 1.82) is 0 Å². The van der Waals surface area contributed by atoms with E-state index >= 15 is 0 Å². The average molecular weight is 774 g/mol. The van der Waals surface area contributed by atoms with E-state index in [2.05, 4.69) is 29.7 Å². The van der Waals surface area contributed by atoms with E-state index in [0.717, 1.165) is 12.8 Å². The Hall–Kier alpha value is -2.46. The first kappa shape index (κ1) is 51.5. The van der Waals surface area contributed by atoms with Gasteiger partial charge in [-0.2, -0.15) is 0 Å². The van der Waals surface area contributed by atoms with E-state index in [-0.39, 0.29) is 25.0 Å². The van der Waals surface area contributed by atoms with E-state index in [4.69, 9.17) is 34.2 Å². The van der Waals surface area contributed by atoms with Crippen molar-refractivity contribution in [2.24, 2.45) is 11.7 Å². The number of allylic oxidation sites excluding steroid dienone is 2. The third kappa shape index (κ3) is 30.8. The number of ether oxygens (including phenoxy) is 6. The van der Waals surface area contributed by atoms with Gasteiger partial charge >= 0.3 is 5.97 Å². The molecule has 2 amide bonds. The third-order valence-corrected chi connectivity index (χ3v) is 8.60. The van der Waals surface area contributed by atoms with Gasteiger partial charge in [0.15, 0.2) is 11.3 Å². The zero-order chi connectivity index (χ0) is 40.1. The summed E-state index contributed by atoms with van der Waals surface area (Å²) in [6.07, 6.45) is 21.4. The van der Waals surface area contributed by atoms with E-state index in [0.29, 0.717) is 72.4 Å². The van der Waals surface area contributed by atoms with Gasteiger partial charge in [-0.25, -0.2) is 4.79 Å². The fourth-order valence-corrected chi connectivity index (χ4v) is 5.05. The van der Waals surface area contributed by atoms with Crippen LogP contribution in [-0.4, -0.2) is 126 Å². The maximum absolute atomic E-state index is 12.4. The first-order chi connectivity index (χ1) is 26.0. The largest absolute Gasteiger partial charge is 0.480 e. The predicted molar refractivity (Wildman–Crippen MR) is 209 cm³/mol. The van der Waals surface area contributed by atoms with Gasteiger partial charge in [-0.05, 0) is 44.9 Å². The second-order valence-corrected chi connectivity index (χ2v) is 14.0. The number of aliphatic carboxylic acids is 1. The van der Waals surface area contributed by atoms with Crippen LogP contribution in [0.5, 0.6) is 0 Å². The van der Waals surface area contributed by atoms with Crippen LogP contribution in [0.25, 0.3) is 0 Å². The molecule has 14 heteroatoms. The van der Waals surface area contributed by atoms with Gasteiger partial charge < -0.3 is 49.9 Å². The Morgan fingerprint density at radius 1 is 0.648 bits per heavy atom. The summed E-state index contributed by atoms with van der Waals surface area (Å²) in [5.74, 6) is -3.05. The lowest BCUT2D eigenvalue weighted by Crippen LogP contribution is -2.61. The molecule has 0 radical (unpaired) electrons. The molecule has 0 aliphatic carbocycles. The van der Waals surface area contributed by atoms with E-state index in [9.17, 15) is 24.3 Å². The standard InChI is InChI=1S/C40H75N3O11/c1-5-6-7-8-9-10-11-12-13-14-15-16-17-18-19-20-36(45)42-21-22-49-23-24-50-25-26-51-27-28-52-29-30-53-31-32-54-33-35(44)40(4,41)39(48)43-37(34(2)3)38(46)47/h12-13,34,37H,5-11,14-33,41H2,1-4H3,(H,42,45)(H,43,48)(H,46,47)/t37-,40+/m0/s1. The van der Waals surface area contributed by atoms with Crippen molar-refractivity contribution >= 4 is 23.6 Å². The van der Waals surface area contributed by atoms with E-state index in [1.54, 1.807) is 13.8 Å². The number of ketones is 1. The van der Waals surface area contributed by atoms with Gasteiger partial charge in [-0.3, -0.25) is 14.4 Å². The second-order valence-electron chi connectivity index (χ2n) is 14.0. The lowest BCUT2D eigenvalue weighted by Gasteiger charge is -2.26. The van der Waals surface area contributed by atoms with Crippen molar-refractivity contribution in [2.45, 2.75) is 129 Å². The molecule has 316 valence electrons. The number of carboxylic acids is 1. The molecule has 0 aromatic carbocycles. The van der Waals surface area contributed by atoms with E-state index < -0.39 is 35.8 Å². The molecule has 0 bridgehead atoms. The summed E-state index contributed by atoms with van der Waals surface area (Å²) in [5, 5.41) is 14.4. The van der Waals surface area contributed by atoms with Crippen LogP contribution in [0.1, 0.15) is 118 Å². The SMILES string of the molecule is CCCCCCCCC=CCCCCCCCC(=O)NCCOCCOCCOCCOCCOCCOCC(=O)[C@@](C)(N)C(=O)N[C@H](C(=O)O)C(C)C. The fraction of sp³-hybridized carbons (Fsp3) is 0.850. The second kappa shape index (κ2) is 36.2. The van der Waals surface area contributed by atoms with Crippen molar-refractivity contribution in [3.63, 3.8) is 0 Å². The first-order valence-corrected chi connectivity index (χ1v) is 20.3. The highest BCUT2D eigenvalue weighted by Gasteiger charge is 2.39. The summed E-state index contributed by atoms with van der Waals surface area (Å²) in [7, 11) is 0. The number of amides is 2. The van der Waals surface area contributed by atoms with Crippen molar-refractivity contribution in [3.05, 3.63) is 12.2 Å². The average Bonchev–Trinajstić information content (AvgIpc) is 3.13. The molecule has 0 rings (SSSR count). The highest BCUT2D eigenvalue weighted by Crippen LogP contribution is 2.10. The number of nitrogens with one attached hydrogen (secondary N) is 2. The van der Waals surface area contributed by atoms with Crippen LogP contribution in [-0.2, 0) is 47.6 Å². The number of hydrogen-bond donors (Lipinski definition) is 4. The molecule has 0 fully saturated rings. The molecule has 0 aromatic heterocycles. The molecule has 0 aliphatic rings. The van der Waals surface area contributed by atoms with Gasteiger partial charge in [-0.15, -0.1) is 0 Å². The van der Waals surface area contributed by atoms with Crippen LogP contribution >= 0.6 is 0 Å². The molecule has 0 heterocycles. The van der Waals surface area contributed by atoms with Crippen molar-refractivity contribution < 1.29 is 52.7 Å². The zero-order valence-electron chi connectivity index (χ0n) is 34.0. The maximum atomic E-state index is 12.4. The third-order valence-electron chi connectivity index (χ3n) is 8.60. The predicted octanol–water partition coefficient (Wildman–Crippen LogP) is 4.75. The molecule has 0 aliphatic heterocycles. The maximum Gasteiger partial charge on any atom is 0.326 e. The number of carbonyl (C=O) groups excluding carboxylic acids is 3. The molecule has 0 saturated heterocycles. The molecule has 14 nitrogen and oxygen atoms in total. The first-order valence-electron chi connectivity index (χ1n) is 20.3. The summed E-state index contributed by atoms with van der Waals surface area (Å²) in [5.41, 5.74) is 3.94. The van der Waals surface area contributed by atoms with Gasteiger partial charge in [0.05, 0.1) is 72.7 Å². The van der Waals surface area contributed by atoms with Crippen molar-refractivity contribution in [3.8, 4) is 0 Å². The van der Waals surface area contributed by atoms with Gasteiger partial charge in [0.25, 0.3) is 0 Å². The molecule has 5 N–H and O–H groups in total. The minimum Gasteiger partial charge on any atom is -0.480 e. The van der Waals surface area contributed by atoms with Crippen LogP contribution in [0, 0.1) is 5.92 Å². The molecule has 2 atom stereocenters. The number of Topliss-reactive ketones (excluding diaryl/α,β-unsaturated/α-hetero) is 1. The van der Waals surface area contributed by atoms with E-state index in [1.165, 1.54) is 77.6 Å². The molecule has 54 heavy (non-hydrogen) atoms. The van der Waals surface area contributed by atoms with Gasteiger partial charge in [0, 0.05) is 13.0 Å². The summed E-state index contributed by atoms with van der Waals surface area (Å²) in [4.78, 5) is 48.0. The molecule has 0 spiro atoms. The number of carbonyl (C=O) groups is 4. The fourth-order valence-electron chi connectivity index (χ4n) is 5.05. The quantitative estimate of drug-likeness (QED) is 0.0380. The van der Waals surface area contributed by atoms with Gasteiger partial charge in [-0.1, -0.05) is 84.3 Å². The van der Waals surface area contributed by atoms with Crippen LogP contribution in [0.2, 0.25) is 0 Å². The summed E-state index contributed by atoms with van der Waals surface area (Å²) in [6.45, 7) is 10.9. The van der Waals surface area contributed by atoms with E-state index in [1.807, 2.05) is 0 Å². The Morgan fingerprint density at radius 2 is 1.07 bits per heavy atom. The van der Waals surface area contributed by atoms with Crippen LogP contribution in [0.3, 0.4) is 0 Å². The molecular weight excluding hydrogens is 698 g/mol. The number of hydrogen-bond acceptors (Lipinski definition) is 11. The molecule has 0 aromatic rings. The number of nitrogens with two attached hydrogens (primary N) is 1. The highest BCUT2D eigenvalue weighted by molar-refractivity contribution is 6.11. The van der Waals surface area contributed by atoms with Crippen LogP contribution in [0.15, 0.2) is 12.2 Å². The number of unbranched alkanes of at least 4 members (excludes halogenated alkanes) is 11. The normalized spacial score (nSPS) is 13.3. The highest BCUT2D eigenvalue weighted by atomic mass is 16.6. The van der Waals surface area contributed by atoms with Gasteiger partial charge in [0.2, 0.25) is 11.8 Å². The lowest BCUT2D eigenvalue weighted by atomic mass is 9.95. The zero-order valence-corrected chi connectivity index (χ0v) is 34.0. The Labute approximate surface area is 325 Å². The Morgan fingerprint density at radius 3 is 1.54 bits per heavy atom. The number of carboxylic acid groups (broad SMARTS) is 1. The summed E-state index contributed by atoms with van der Waals surface area (Å²) in [6, 6.07) is -1.16. The monoisotopic (exact) mass is 774 g/mol. The minimum atomic E-state index is -1.93. The number of rotatable bonds is 40. The Balaban J connectivity index is 3.44. The Bertz CT molecular complexity index is 979. The smallest absolute Gasteiger partial charge is 0.326 e. The Kier molecular flexibility index (Phi) is 34.5. The molecular formula is C40H75N3O11. The minimum absolute atomic E-state index is 0.0829. The van der Waals surface area contributed by atoms with Gasteiger partial charge in [0.1, 0.15) is 12.6 Å². The summed E-state index contributed by atoms with van der Waals surface area (Å²) >= 11 is 0. The van der Waals surface area contributed by atoms with Crippen LogP contribution in [0.4, 0.5) is 0 Å². The molecule has 0 saturated carbocycles. The van der Waals surface area contributed by atoms with Crippen molar-refractivity contribution in [2.75, 3.05) is 85.8 Å². The van der Waals surface area contributed by atoms with Crippen molar-refractivity contribution in [1.82, 2.24) is 10.6 Å². The topological polar surface area (TPSA) is 194 Å². The van der Waals surface area contributed by atoms with Crippen LogP contribution < -0.4 is 16.4 Å². The lowest BCUT2D eigenvalue weighted by molar-refractivity contribution is -0.146. The molecule has 0 unspecified atom stereocenters. The summed E-state index contributed by atoms with van der Waals surface area (Å²) < 4.78 is 32.6.